The largest absolute Gasteiger partial charge is 0.411 e. The molecule has 0 fully saturated rings. The summed E-state index contributed by atoms with van der Waals surface area (Å²) in [5.74, 6) is 0. The first-order chi connectivity index (χ1) is 9.29. The van der Waals surface area contributed by atoms with Gasteiger partial charge in [0, 0.05) is 31.5 Å². The molecule has 0 amide bonds. The maximum atomic E-state index is 11.9. The number of benzene rings is 1. The zero-order valence-electron chi connectivity index (χ0n) is 11.1. The van der Waals surface area contributed by atoms with Crippen LogP contribution in [0.15, 0.2) is 24.3 Å². The van der Waals surface area contributed by atoms with Crippen molar-refractivity contribution < 1.29 is 17.9 Å². The van der Waals surface area contributed by atoms with Gasteiger partial charge in [-0.3, -0.25) is 0 Å². The topological polar surface area (TPSA) is 38.5 Å². The number of rotatable bonds is 7. The molecular weight excluding hydrogens is 289 g/mol. The summed E-state index contributed by atoms with van der Waals surface area (Å²) in [6.45, 7) is -0.515. The summed E-state index contributed by atoms with van der Waals surface area (Å²) in [6, 6.07) is 7.36. The summed E-state index contributed by atoms with van der Waals surface area (Å²) in [7, 11) is 1.86. The molecule has 2 N–H and O–H groups in total. The number of anilines is 1. The summed E-state index contributed by atoms with van der Waals surface area (Å²) in [6.07, 6.45) is -3.74. The molecule has 0 atom stereocenters. The quantitative estimate of drug-likeness (QED) is 0.621. The minimum atomic E-state index is -4.26. The second-order valence-electron chi connectivity index (χ2n) is 4.35. The number of halogens is 3. The van der Waals surface area contributed by atoms with Crippen molar-refractivity contribution >= 4 is 22.9 Å². The van der Waals surface area contributed by atoms with Crippen molar-refractivity contribution in [2.24, 2.45) is 5.73 Å². The molecule has 0 aliphatic heterocycles. The Hall–Kier alpha value is -1.34. The molecule has 0 spiro atoms. The number of thiocarbonyl (C=S) groups is 1. The van der Waals surface area contributed by atoms with Crippen LogP contribution in [0.4, 0.5) is 18.9 Å². The van der Waals surface area contributed by atoms with E-state index < -0.39 is 12.8 Å². The van der Waals surface area contributed by atoms with Crippen molar-refractivity contribution in [1.29, 1.82) is 0 Å². The molecule has 20 heavy (non-hydrogen) atoms. The van der Waals surface area contributed by atoms with Crippen LogP contribution in [0.1, 0.15) is 12.0 Å². The van der Waals surface area contributed by atoms with E-state index in [9.17, 15) is 13.2 Å². The van der Waals surface area contributed by atoms with Crippen LogP contribution < -0.4 is 10.6 Å². The van der Waals surface area contributed by atoms with E-state index in [2.05, 4.69) is 4.74 Å². The van der Waals surface area contributed by atoms with Crippen LogP contribution in [0, 0.1) is 0 Å². The number of nitrogens with zero attached hydrogens (tertiary/aromatic N) is 1. The Morgan fingerprint density at radius 1 is 1.30 bits per heavy atom. The highest BCUT2D eigenvalue weighted by molar-refractivity contribution is 7.80. The van der Waals surface area contributed by atoms with E-state index >= 15 is 0 Å². The molecule has 3 nitrogen and oxygen atoms in total. The minimum Gasteiger partial charge on any atom is -0.389 e. The van der Waals surface area contributed by atoms with Crippen molar-refractivity contribution in [2.45, 2.75) is 12.6 Å². The Bertz CT molecular complexity index is 434. The maximum Gasteiger partial charge on any atom is 0.411 e. The van der Waals surface area contributed by atoms with Crippen molar-refractivity contribution in [3.8, 4) is 0 Å². The third-order valence-corrected chi connectivity index (χ3v) is 2.88. The van der Waals surface area contributed by atoms with Gasteiger partial charge < -0.3 is 15.4 Å². The van der Waals surface area contributed by atoms with E-state index in [1.807, 2.05) is 36.2 Å². The summed E-state index contributed by atoms with van der Waals surface area (Å²) in [5.41, 5.74) is 7.23. The van der Waals surface area contributed by atoms with Gasteiger partial charge in [-0.25, -0.2) is 0 Å². The smallest absolute Gasteiger partial charge is 0.389 e. The SMILES string of the molecule is CN(CCCOCC(F)(F)F)c1ccc(C(N)=S)cc1. The molecule has 1 aromatic rings. The molecular formula is C13H17F3N2OS. The molecule has 1 aromatic carbocycles. The van der Waals surface area contributed by atoms with Crippen LogP contribution in [0.5, 0.6) is 0 Å². The van der Waals surface area contributed by atoms with Crippen LogP contribution in [0.3, 0.4) is 0 Å². The second-order valence-corrected chi connectivity index (χ2v) is 4.79. The van der Waals surface area contributed by atoms with Crippen molar-refractivity contribution in [3.05, 3.63) is 29.8 Å². The first-order valence-electron chi connectivity index (χ1n) is 6.05. The number of hydrogen-bond acceptors (Lipinski definition) is 3. The predicted molar refractivity (Wildman–Crippen MR) is 77.1 cm³/mol. The molecule has 7 heteroatoms. The van der Waals surface area contributed by atoms with Crippen LogP contribution in [0.2, 0.25) is 0 Å². The number of hydrogen-bond donors (Lipinski definition) is 1. The van der Waals surface area contributed by atoms with Gasteiger partial charge in [0.1, 0.15) is 11.6 Å². The lowest BCUT2D eigenvalue weighted by Gasteiger charge is -2.19. The highest BCUT2D eigenvalue weighted by atomic mass is 32.1. The Kier molecular flexibility index (Phi) is 6.22. The molecule has 0 heterocycles. The van der Waals surface area contributed by atoms with Gasteiger partial charge in [0.15, 0.2) is 0 Å². The average Bonchev–Trinajstić information content (AvgIpc) is 2.37. The van der Waals surface area contributed by atoms with E-state index in [0.717, 1.165) is 11.3 Å². The van der Waals surface area contributed by atoms with Crippen molar-refractivity contribution in [3.63, 3.8) is 0 Å². The number of ether oxygens (including phenoxy) is 1. The fourth-order valence-electron chi connectivity index (χ4n) is 1.60. The van der Waals surface area contributed by atoms with Crippen LogP contribution in [-0.2, 0) is 4.74 Å². The third kappa shape index (κ3) is 6.21. The van der Waals surface area contributed by atoms with Gasteiger partial charge in [-0.2, -0.15) is 13.2 Å². The van der Waals surface area contributed by atoms with E-state index in [0.29, 0.717) is 18.0 Å². The van der Waals surface area contributed by atoms with Gasteiger partial charge in [-0.15, -0.1) is 0 Å². The first-order valence-corrected chi connectivity index (χ1v) is 6.46. The summed E-state index contributed by atoms with van der Waals surface area (Å²) in [5, 5.41) is 0. The third-order valence-electron chi connectivity index (χ3n) is 2.64. The normalized spacial score (nSPS) is 11.4. The maximum absolute atomic E-state index is 11.9. The molecule has 0 bridgehead atoms. The molecule has 0 unspecified atom stereocenters. The van der Waals surface area contributed by atoms with E-state index in [-0.39, 0.29) is 6.61 Å². The van der Waals surface area contributed by atoms with Gasteiger partial charge in [0.25, 0.3) is 0 Å². The zero-order chi connectivity index (χ0) is 15.2. The molecule has 0 aromatic heterocycles. The standard InChI is InChI=1S/C13H17F3N2OS/c1-18(7-2-8-19-9-13(14,15)16)11-5-3-10(4-6-11)12(17)20/h3-6H,2,7-9H2,1H3,(H2,17,20). The Labute approximate surface area is 121 Å². The van der Waals surface area contributed by atoms with E-state index in [1.165, 1.54) is 0 Å². The lowest BCUT2D eigenvalue weighted by atomic mass is 10.2. The fraction of sp³-hybridized carbons (Fsp3) is 0.462. The van der Waals surface area contributed by atoms with Crippen molar-refractivity contribution in [2.75, 3.05) is 31.7 Å². The highest BCUT2D eigenvalue weighted by Gasteiger charge is 2.27. The molecule has 112 valence electrons. The lowest BCUT2D eigenvalue weighted by Crippen LogP contribution is -2.22. The number of alkyl halides is 3. The molecule has 0 aliphatic rings. The number of nitrogens with two attached hydrogens (primary N) is 1. The molecule has 1 rings (SSSR count). The predicted octanol–water partition coefficient (Wildman–Crippen LogP) is 2.73. The molecule has 0 aliphatic carbocycles. The summed E-state index contributed by atoms with van der Waals surface area (Å²) in [4.78, 5) is 2.26. The van der Waals surface area contributed by atoms with Crippen LogP contribution >= 0.6 is 12.2 Å². The minimum absolute atomic E-state index is 0.0782. The zero-order valence-corrected chi connectivity index (χ0v) is 11.9. The van der Waals surface area contributed by atoms with Crippen molar-refractivity contribution in [1.82, 2.24) is 0 Å². The average molecular weight is 306 g/mol. The van der Waals surface area contributed by atoms with Gasteiger partial charge in [-0.05, 0) is 30.7 Å². The fourth-order valence-corrected chi connectivity index (χ4v) is 1.74. The van der Waals surface area contributed by atoms with Gasteiger partial charge in [0.2, 0.25) is 0 Å². The van der Waals surface area contributed by atoms with Crippen LogP contribution in [0.25, 0.3) is 0 Å². The summed E-state index contributed by atoms with van der Waals surface area (Å²) < 4.78 is 40.1. The van der Waals surface area contributed by atoms with Gasteiger partial charge in [-0.1, -0.05) is 12.2 Å². The van der Waals surface area contributed by atoms with E-state index in [4.69, 9.17) is 18.0 Å². The Morgan fingerprint density at radius 3 is 2.40 bits per heavy atom. The first kappa shape index (κ1) is 16.7. The molecule has 0 radical (unpaired) electrons. The monoisotopic (exact) mass is 306 g/mol. The van der Waals surface area contributed by atoms with Gasteiger partial charge >= 0.3 is 6.18 Å². The van der Waals surface area contributed by atoms with Gasteiger partial charge in [0.05, 0.1) is 0 Å². The summed E-state index contributed by atoms with van der Waals surface area (Å²) >= 11 is 4.86. The Balaban J connectivity index is 2.32. The molecule has 0 saturated heterocycles. The second kappa shape index (κ2) is 7.44. The van der Waals surface area contributed by atoms with Crippen LogP contribution in [-0.4, -0.2) is 38.0 Å². The van der Waals surface area contributed by atoms with E-state index in [1.54, 1.807) is 0 Å². The Morgan fingerprint density at radius 2 is 1.90 bits per heavy atom. The lowest BCUT2D eigenvalue weighted by molar-refractivity contribution is -0.173. The molecule has 0 saturated carbocycles. The highest BCUT2D eigenvalue weighted by Crippen LogP contribution is 2.16.